The van der Waals surface area contributed by atoms with E-state index < -0.39 is 0 Å². The van der Waals surface area contributed by atoms with Crippen LogP contribution in [0.5, 0.6) is 0 Å². The third-order valence-electron chi connectivity index (χ3n) is 5.25. The molecule has 2 aliphatic heterocycles. The fourth-order valence-corrected chi connectivity index (χ4v) is 3.83. The van der Waals surface area contributed by atoms with Gasteiger partial charge in [-0.25, -0.2) is 9.67 Å². The van der Waals surface area contributed by atoms with Gasteiger partial charge in [-0.1, -0.05) is 11.6 Å². The van der Waals surface area contributed by atoms with Crippen LogP contribution in [0.4, 0.5) is 0 Å². The largest absolute Gasteiger partial charge is 0.375 e. The van der Waals surface area contributed by atoms with Gasteiger partial charge in [0, 0.05) is 30.1 Å². The highest BCUT2D eigenvalue weighted by molar-refractivity contribution is 6.30. The highest BCUT2D eigenvalue weighted by atomic mass is 35.5. The van der Waals surface area contributed by atoms with Crippen molar-refractivity contribution in [3.8, 4) is 11.4 Å². The fourth-order valence-electron chi connectivity index (χ4n) is 3.70. The van der Waals surface area contributed by atoms with Crippen molar-refractivity contribution in [2.75, 3.05) is 39.8 Å². The first kappa shape index (κ1) is 17.9. The van der Waals surface area contributed by atoms with Gasteiger partial charge in [-0.2, -0.15) is 5.10 Å². The maximum Gasteiger partial charge on any atom is 0.181 e. The van der Waals surface area contributed by atoms with Gasteiger partial charge in [0.25, 0.3) is 0 Å². The molecule has 0 aliphatic carbocycles. The molecule has 6 nitrogen and oxygen atoms in total. The summed E-state index contributed by atoms with van der Waals surface area (Å²) in [5, 5.41) is 9.02. The number of aromatic nitrogens is 3. The summed E-state index contributed by atoms with van der Waals surface area (Å²) in [6.07, 6.45) is 3.17. The summed E-state index contributed by atoms with van der Waals surface area (Å²) in [6, 6.07) is 8.16. The first-order valence-corrected chi connectivity index (χ1v) is 9.79. The van der Waals surface area contributed by atoms with Crippen LogP contribution in [-0.4, -0.2) is 65.6 Å². The van der Waals surface area contributed by atoms with Crippen LogP contribution in [0.15, 0.2) is 24.3 Å². The Morgan fingerprint density at radius 2 is 2.00 bits per heavy atom. The van der Waals surface area contributed by atoms with E-state index in [2.05, 4.69) is 21.9 Å². The monoisotopic (exact) mass is 375 g/mol. The maximum atomic E-state index is 6.03. The summed E-state index contributed by atoms with van der Waals surface area (Å²) in [4.78, 5) is 7.26. The second kappa shape index (κ2) is 8.05. The number of ether oxygens (including phenoxy) is 1. The van der Waals surface area contributed by atoms with Crippen molar-refractivity contribution in [3.05, 3.63) is 35.1 Å². The van der Waals surface area contributed by atoms with Crippen LogP contribution < -0.4 is 5.32 Å². The van der Waals surface area contributed by atoms with Crippen molar-refractivity contribution in [2.45, 2.75) is 31.4 Å². The SMILES string of the molecule is CN1CCC(n2nc(-c3ccc(Cl)cc3)nc2CC2CNCCO2)CC1. The highest BCUT2D eigenvalue weighted by Crippen LogP contribution is 2.26. The number of piperidine rings is 1. The van der Waals surface area contributed by atoms with Crippen LogP contribution in [-0.2, 0) is 11.2 Å². The van der Waals surface area contributed by atoms with E-state index in [0.29, 0.717) is 6.04 Å². The number of nitrogens with one attached hydrogen (secondary N) is 1. The molecule has 3 heterocycles. The predicted molar refractivity (Wildman–Crippen MR) is 103 cm³/mol. The number of morpholine rings is 1. The van der Waals surface area contributed by atoms with Crippen LogP contribution >= 0.6 is 11.6 Å². The molecule has 0 amide bonds. The minimum absolute atomic E-state index is 0.163. The van der Waals surface area contributed by atoms with Crippen molar-refractivity contribution in [1.82, 2.24) is 25.0 Å². The molecular formula is C19H26ClN5O. The summed E-state index contributed by atoms with van der Waals surface area (Å²) in [7, 11) is 2.18. The molecule has 0 saturated carbocycles. The molecule has 1 atom stereocenters. The van der Waals surface area contributed by atoms with Crippen molar-refractivity contribution in [3.63, 3.8) is 0 Å². The Bertz CT molecular complexity index is 718. The number of hydrogen-bond donors (Lipinski definition) is 1. The van der Waals surface area contributed by atoms with Crippen LogP contribution in [0.1, 0.15) is 24.7 Å². The Morgan fingerprint density at radius 3 is 2.69 bits per heavy atom. The Morgan fingerprint density at radius 1 is 1.23 bits per heavy atom. The summed E-state index contributed by atoms with van der Waals surface area (Å²) < 4.78 is 8.06. The summed E-state index contributed by atoms with van der Waals surface area (Å²) >= 11 is 6.03. The van der Waals surface area contributed by atoms with E-state index >= 15 is 0 Å². The van der Waals surface area contributed by atoms with E-state index in [1.807, 2.05) is 24.3 Å². The summed E-state index contributed by atoms with van der Waals surface area (Å²) in [5.41, 5.74) is 1.00. The predicted octanol–water partition coefficient (Wildman–Crippen LogP) is 2.40. The molecule has 0 bridgehead atoms. The Hall–Kier alpha value is -1.47. The second-order valence-corrected chi connectivity index (χ2v) is 7.68. The lowest BCUT2D eigenvalue weighted by molar-refractivity contribution is 0.0269. The molecule has 2 aliphatic rings. The minimum atomic E-state index is 0.163. The van der Waals surface area contributed by atoms with Crippen LogP contribution in [0.3, 0.4) is 0 Å². The van der Waals surface area contributed by atoms with Crippen molar-refractivity contribution in [2.24, 2.45) is 0 Å². The van der Waals surface area contributed by atoms with Gasteiger partial charge in [-0.3, -0.25) is 0 Å². The molecule has 1 unspecified atom stereocenters. The molecule has 1 aromatic carbocycles. The highest BCUT2D eigenvalue weighted by Gasteiger charge is 2.25. The zero-order valence-corrected chi connectivity index (χ0v) is 16.0. The first-order chi connectivity index (χ1) is 12.7. The van der Waals surface area contributed by atoms with E-state index in [1.54, 1.807) is 0 Å². The average molecular weight is 376 g/mol. The lowest BCUT2D eigenvalue weighted by Gasteiger charge is -2.30. The third kappa shape index (κ3) is 4.09. The molecule has 2 aromatic rings. The number of benzene rings is 1. The van der Waals surface area contributed by atoms with Crippen molar-refractivity contribution in [1.29, 1.82) is 0 Å². The van der Waals surface area contributed by atoms with Crippen LogP contribution in [0.25, 0.3) is 11.4 Å². The van der Waals surface area contributed by atoms with Gasteiger partial charge >= 0.3 is 0 Å². The van der Waals surface area contributed by atoms with Crippen molar-refractivity contribution < 1.29 is 4.74 Å². The summed E-state index contributed by atoms with van der Waals surface area (Å²) in [5.74, 6) is 1.80. The topological polar surface area (TPSA) is 55.2 Å². The average Bonchev–Trinajstić information content (AvgIpc) is 3.07. The number of nitrogens with zero attached hydrogens (tertiary/aromatic N) is 4. The number of likely N-dealkylation sites (tertiary alicyclic amines) is 1. The molecule has 4 rings (SSSR count). The molecule has 140 valence electrons. The van der Waals surface area contributed by atoms with Gasteiger partial charge in [-0.05, 0) is 57.2 Å². The summed E-state index contributed by atoms with van der Waals surface area (Å²) in [6.45, 7) is 4.76. The van der Waals surface area contributed by atoms with Crippen LogP contribution in [0.2, 0.25) is 5.02 Å². The van der Waals surface area contributed by atoms with Gasteiger partial charge in [-0.15, -0.1) is 0 Å². The lowest BCUT2D eigenvalue weighted by atomic mass is 10.1. The van der Waals surface area contributed by atoms with Gasteiger partial charge in [0.05, 0.1) is 18.8 Å². The fraction of sp³-hybridized carbons (Fsp3) is 0.579. The molecule has 0 radical (unpaired) electrons. The first-order valence-electron chi connectivity index (χ1n) is 9.41. The van der Waals surface area contributed by atoms with E-state index in [-0.39, 0.29) is 6.10 Å². The van der Waals surface area contributed by atoms with Crippen LogP contribution in [0, 0.1) is 0 Å². The van der Waals surface area contributed by atoms with E-state index in [0.717, 1.165) is 74.3 Å². The molecule has 0 spiro atoms. The molecule has 26 heavy (non-hydrogen) atoms. The zero-order valence-electron chi connectivity index (χ0n) is 15.2. The molecule has 2 fully saturated rings. The molecule has 1 aromatic heterocycles. The lowest BCUT2D eigenvalue weighted by Crippen LogP contribution is -2.40. The van der Waals surface area contributed by atoms with E-state index in [9.17, 15) is 0 Å². The van der Waals surface area contributed by atoms with Gasteiger partial charge in [0.15, 0.2) is 5.82 Å². The molecular weight excluding hydrogens is 350 g/mol. The third-order valence-corrected chi connectivity index (χ3v) is 5.50. The molecule has 1 N–H and O–H groups in total. The number of halogens is 1. The normalized spacial score (nSPS) is 22.6. The van der Waals surface area contributed by atoms with E-state index in [1.165, 1.54) is 0 Å². The molecule has 7 heteroatoms. The number of rotatable bonds is 4. The number of hydrogen-bond acceptors (Lipinski definition) is 5. The van der Waals surface area contributed by atoms with E-state index in [4.69, 9.17) is 26.4 Å². The minimum Gasteiger partial charge on any atom is -0.375 e. The Balaban J connectivity index is 1.61. The standard InChI is InChI=1S/C19H26ClN5O/c1-24-9-6-16(7-10-24)25-18(12-17-13-21-8-11-26-17)22-19(23-25)14-2-4-15(20)5-3-14/h2-5,16-17,21H,6-13H2,1H3. The zero-order chi connectivity index (χ0) is 17.9. The van der Waals surface area contributed by atoms with Crippen molar-refractivity contribution >= 4 is 11.6 Å². The smallest absolute Gasteiger partial charge is 0.181 e. The maximum absolute atomic E-state index is 6.03. The van der Waals surface area contributed by atoms with Gasteiger partial charge < -0.3 is 15.0 Å². The van der Waals surface area contributed by atoms with Gasteiger partial charge in [0.1, 0.15) is 5.82 Å². The molecule has 2 saturated heterocycles. The van der Waals surface area contributed by atoms with Gasteiger partial charge in [0.2, 0.25) is 0 Å². The quantitative estimate of drug-likeness (QED) is 0.889. The Labute approximate surface area is 159 Å². The second-order valence-electron chi connectivity index (χ2n) is 7.24. The Kier molecular flexibility index (Phi) is 5.55.